The van der Waals surface area contributed by atoms with E-state index in [0.717, 1.165) is 10.4 Å². The Labute approximate surface area is 114 Å². The van der Waals surface area contributed by atoms with Crippen molar-refractivity contribution in [2.45, 2.75) is 26.3 Å². The largest absolute Gasteiger partial charge is 0.396 e. The van der Waals surface area contributed by atoms with Crippen LogP contribution in [0.2, 0.25) is 0 Å². The van der Waals surface area contributed by atoms with Gasteiger partial charge in [-0.2, -0.15) is 0 Å². The second kappa shape index (κ2) is 5.99. The predicted octanol–water partition coefficient (Wildman–Crippen LogP) is 1.35. The van der Waals surface area contributed by atoms with Crippen molar-refractivity contribution in [3.05, 3.63) is 44.0 Å². The van der Waals surface area contributed by atoms with Gasteiger partial charge in [0.25, 0.3) is 5.56 Å². The standard InChI is InChI=1S/C13H16N2O3S/c1-9-4-7-19-11(9)10-8-15(5-2-3-6-16)13(18)14-12(10)17/h4,7-8,16H,2-3,5-6H2,1H3,(H,14,17,18). The fraction of sp³-hybridized carbons (Fsp3) is 0.385. The molecule has 0 atom stereocenters. The minimum absolute atomic E-state index is 0.106. The highest BCUT2D eigenvalue weighted by molar-refractivity contribution is 7.13. The van der Waals surface area contributed by atoms with Crippen LogP contribution in [0.5, 0.6) is 0 Å². The van der Waals surface area contributed by atoms with E-state index in [1.165, 1.54) is 15.9 Å². The first kappa shape index (κ1) is 13.8. The first-order valence-electron chi connectivity index (χ1n) is 6.12. The van der Waals surface area contributed by atoms with Gasteiger partial charge in [-0.3, -0.25) is 14.3 Å². The van der Waals surface area contributed by atoms with E-state index < -0.39 is 5.69 Å². The number of rotatable bonds is 5. The Morgan fingerprint density at radius 3 is 2.79 bits per heavy atom. The second-order valence-electron chi connectivity index (χ2n) is 4.36. The van der Waals surface area contributed by atoms with E-state index in [2.05, 4.69) is 4.98 Å². The molecule has 2 heterocycles. The van der Waals surface area contributed by atoms with Crippen LogP contribution in [0.3, 0.4) is 0 Å². The van der Waals surface area contributed by atoms with Crippen molar-refractivity contribution in [1.29, 1.82) is 0 Å². The number of aliphatic hydroxyl groups is 1. The van der Waals surface area contributed by atoms with Crippen molar-refractivity contribution in [1.82, 2.24) is 9.55 Å². The molecule has 0 bridgehead atoms. The molecule has 0 aliphatic carbocycles. The van der Waals surface area contributed by atoms with Gasteiger partial charge < -0.3 is 5.11 Å². The molecule has 6 heteroatoms. The van der Waals surface area contributed by atoms with Gasteiger partial charge in [0.05, 0.1) is 5.56 Å². The number of aliphatic hydroxyl groups excluding tert-OH is 1. The van der Waals surface area contributed by atoms with Gasteiger partial charge in [-0.15, -0.1) is 11.3 Å². The minimum Gasteiger partial charge on any atom is -0.396 e. The van der Waals surface area contributed by atoms with Crippen LogP contribution < -0.4 is 11.2 Å². The Morgan fingerprint density at radius 1 is 1.37 bits per heavy atom. The average Bonchev–Trinajstić information content (AvgIpc) is 2.78. The van der Waals surface area contributed by atoms with Crippen molar-refractivity contribution in [2.75, 3.05) is 6.61 Å². The highest BCUT2D eigenvalue weighted by Gasteiger charge is 2.10. The molecular formula is C13H16N2O3S. The molecule has 2 N–H and O–H groups in total. The lowest BCUT2D eigenvalue weighted by Gasteiger charge is -2.06. The van der Waals surface area contributed by atoms with E-state index in [4.69, 9.17) is 5.11 Å². The van der Waals surface area contributed by atoms with Crippen molar-refractivity contribution >= 4 is 11.3 Å². The number of aromatic amines is 1. The maximum absolute atomic E-state index is 11.9. The van der Waals surface area contributed by atoms with Crippen LogP contribution in [0.25, 0.3) is 10.4 Å². The lowest BCUT2D eigenvalue weighted by atomic mass is 10.2. The maximum Gasteiger partial charge on any atom is 0.328 e. The number of thiophene rings is 1. The number of hydrogen-bond acceptors (Lipinski definition) is 4. The van der Waals surface area contributed by atoms with E-state index in [-0.39, 0.29) is 12.2 Å². The van der Waals surface area contributed by atoms with Gasteiger partial charge in [-0.25, -0.2) is 4.79 Å². The highest BCUT2D eigenvalue weighted by atomic mass is 32.1. The molecule has 0 fully saturated rings. The highest BCUT2D eigenvalue weighted by Crippen LogP contribution is 2.25. The van der Waals surface area contributed by atoms with E-state index in [0.29, 0.717) is 24.9 Å². The van der Waals surface area contributed by atoms with Crippen LogP contribution in [0.4, 0.5) is 0 Å². The summed E-state index contributed by atoms with van der Waals surface area (Å²) < 4.78 is 1.49. The zero-order valence-electron chi connectivity index (χ0n) is 10.7. The fourth-order valence-corrected chi connectivity index (χ4v) is 2.81. The zero-order valence-corrected chi connectivity index (χ0v) is 11.5. The third-order valence-corrected chi connectivity index (χ3v) is 3.97. The summed E-state index contributed by atoms with van der Waals surface area (Å²) >= 11 is 1.48. The first-order valence-corrected chi connectivity index (χ1v) is 7.00. The summed E-state index contributed by atoms with van der Waals surface area (Å²) in [5.41, 5.74) is 0.794. The van der Waals surface area contributed by atoms with E-state index >= 15 is 0 Å². The Bertz CT molecular complexity index is 669. The topological polar surface area (TPSA) is 75.1 Å². The van der Waals surface area contributed by atoms with Crippen molar-refractivity contribution in [2.24, 2.45) is 0 Å². The summed E-state index contributed by atoms with van der Waals surface area (Å²) in [6.07, 6.45) is 2.95. The van der Waals surface area contributed by atoms with E-state index in [9.17, 15) is 9.59 Å². The van der Waals surface area contributed by atoms with Crippen LogP contribution in [0, 0.1) is 6.92 Å². The third kappa shape index (κ3) is 3.02. The molecule has 0 aliphatic rings. The quantitative estimate of drug-likeness (QED) is 0.812. The average molecular weight is 280 g/mol. The molecule has 5 nitrogen and oxygen atoms in total. The summed E-state index contributed by atoms with van der Waals surface area (Å²) in [6, 6.07) is 1.95. The van der Waals surface area contributed by atoms with Crippen molar-refractivity contribution in [3.8, 4) is 10.4 Å². The maximum atomic E-state index is 11.9. The van der Waals surface area contributed by atoms with Gasteiger partial charge >= 0.3 is 5.69 Å². The molecule has 0 aliphatic heterocycles. The Balaban J connectivity index is 2.40. The monoisotopic (exact) mass is 280 g/mol. The molecule has 2 aromatic heterocycles. The molecule has 0 saturated carbocycles. The summed E-state index contributed by atoms with van der Waals surface area (Å²) in [5, 5.41) is 10.7. The second-order valence-corrected chi connectivity index (χ2v) is 5.28. The molecule has 0 amide bonds. The van der Waals surface area contributed by atoms with Crippen LogP contribution in [0.15, 0.2) is 27.2 Å². The smallest absolute Gasteiger partial charge is 0.328 e. The van der Waals surface area contributed by atoms with Gasteiger partial charge in [0.1, 0.15) is 0 Å². The normalized spacial score (nSPS) is 10.8. The van der Waals surface area contributed by atoms with Crippen LogP contribution in [-0.2, 0) is 6.54 Å². The lowest BCUT2D eigenvalue weighted by Crippen LogP contribution is -2.30. The molecule has 2 aromatic rings. The van der Waals surface area contributed by atoms with Crippen molar-refractivity contribution < 1.29 is 5.11 Å². The molecule has 0 radical (unpaired) electrons. The van der Waals surface area contributed by atoms with Crippen molar-refractivity contribution in [3.63, 3.8) is 0 Å². The van der Waals surface area contributed by atoms with Gasteiger partial charge in [0.15, 0.2) is 0 Å². The third-order valence-electron chi connectivity index (χ3n) is 2.92. The summed E-state index contributed by atoms with van der Waals surface area (Å²) in [7, 11) is 0. The molecule has 0 aromatic carbocycles. The number of aryl methyl sites for hydroxylation is 2. The number of H-pyrrole nitrogens is 1. The van der Waals surface area contributed by atoms with Crippen LogP contribution in [-0.4, -0.2) is 21.3 Å². The van der Waals surface area contributed by atoms with E-state index in [1.807, 2.05) is 18.4 Å². The Morgan fingerprint density at radius 2 is 2.16 bits per heavy atom. The Kier molecular flexibility index (Phi) is 4.34. The zero-order chi connectivity index (χ0) is 13.8. The van der Waals surface area contributed by atoms with Gasteiger partial charge in [0.2, 0.25) is 0 Å². The number of aromatic nitrogens is 2. The first-order chi connectivity index (χ1) is 9.13. The molecule has 102 valence electrons. The number of unbranched alkanes of at least 4 members (excludes halogenated alkanes) is 1. The minimum atomic E-state index is -0.402. The number of nitrogens with one attached hydrogen (secondary N) is 1. The number of nitrogens with zero attached hydrogens (tertiary/aromatic N) is 1. The summed E-state index contributed by atoms with van der Waals surface area (Å²) in [6.45, 7) is 2.54. The SMILES string of the molecule is Cc1ccsc1-c1cn(CCCCO)c(=O)[nH]c1=O. The molecule has 2 rings (SSSR count). The molecular weight excluding hydrogens is 264 g/mol. The Hall–Kier alpha value is -1.66. The summed E-state index contributed by atoms with van der Waals surface area (Å²) in [5.74, 6) is 0. The predicted molar refractivity (Wildman–Crippen MR) is 75.7 cm³/mol. The van der Waals surface area contributed by atoms with Gasteiger partial charge in [-0.1, -0.05) is 0 Å². The summed E-state index contributed by atoms with van der Waals surface area (Å²) in [4.78, 5) is 26.8. The molecule has 19 heavy (non-hydrogen) atoms. The molecule has 0 unspecified atom stereocenters. The fourth-order valence-electron chi connectivity index (χ4n) is 1.88. The van der Waals surface area contributed by atoms with Crippen LogP contribution >= 0.6 is 11.3 Å². The molecule has 0 saturated heterocycles. The lowest BCUT2D eigenvalue weighted by molar-refractivity contribution is 0.281. The van der Waals surface area contributed by atoms with E-state index in [1.54, 1.807) is 6.20 Å². The number of hydrogen-bond donors (Lipinski definition) is 2. The van der Waals surface area contributed by atoms with Crippen LogP contribution in [0.1, 0.15) is 18.4 Å². The molecule has 0 spiro atoms. The van der Waals surface area contributed by atoms with Gasteiger partial charge in [0, 0.05) is 24.2 Å². The van der Waals surface area contributed by atoms with Gasteiger partial charge in [-0.05, 0) is 36.8 Å².